The van der Waals surface area contributed by atoms with E-state index < -0.39 is 0 Å². The van der Waals surface area contributed by atoms with Gasteiger partial charge in [-0.25, -0.2) is 0 Å². The number of hydrogen-bond donors (Lipinski definition) is 1. The molecule has 68 valence electrons. The summed E-state index contributed by atoms with van der Waals surface area (Å²) in [5, 5.41) is 1.98. The number of H-pyrrole nitrogens is 1. The minimum absolute atomic E-state index is 0.0941. The summed E-state index contributed by atoms with van der Waals surface area (Å²) in [5.41, 5.74) is 1.53. The molecule has 0 atom stereocenters. The largest absolute Gasteiger partial charge is 0.464 e. The Balaban J connectivity index is 2.63. The van der Waals surface area contributed by atoms with E-state index in [2.05, 4.69) is 4.98 Å². The van der Waals surface area contributed by atoms with Crippen molar-refractivity contribution in [2.45, 2.75) is 0 Å². The van der Waals surface area contributed by atoms with Crippen molar-refractivity contribution in [3.05, 3.63) is 46.9 Å². The van der Waals surface area contributed by atoms with Gasteiger partial charge < -0.3 is 9.40 Å². The quantitative estimate of drug-likeness (QED) is 0.584. The van der Waals surface area contributed by atoms with Gasteiger partial charge in [0, 0.05) is 16.8 Å². The zero-order valence-corrected chi connectivity index (χ0v) is 7.28. The van der Waals surface area contributed by atoms with Crippen molar-refractivity contribution >= 4 is 21.9 Å². The number of benzene rings is 1. The molecule has 0 spiro atoms. The molecule has 3 nitrogen and oxygen atoms in total. The molecule has 0 radical (unpaired) electrons. The van der Waals surface area contributed by atoms with Gasteiger partial charge in [-0.15, -0.1) is 0 Å². The van der Waals surface area contributed by atoms with Crippen LogP contribution in [0.5, 0.6) is 0 Å². The molecule has 1 aromatic carbocycles. The normalized spacial score (nSPS) is 11.1. The molecule has 0 fully saturated rings. The molecule has 3 heteroatoms. The number of pyridine rings is 1. The summed E-state index contributed by atoms with van der Waals surface area (Å²) >= 11 is 0. The van der Waals surface area contributed by atoms with Gasteiger partial charge in [-0.05, 0) is 24.3 Å². The molecule has 0 amide bonds. The Morgan fingerprint density at radius 3 is 2.93 bits per heavy atom. The van der Waals surface area contributed by atoms with Crippen molar-refractivity contribution in [3.63, 3.8) is 0 Å². The van der Waals surface area contributed by atoms with Gasteiger partial charge in [-0.2, -0.15) is 0 Å². The summed E-state index contributed by atoms with van der Waals surface area (Å²) in [7, 11) is 0. The summed E-state index contributed by atoms with van der Waals surface area (Å²) in [6, 6.07) is 9.00. The summed E-state index contributed by atoms with van der Waals surface area (Å²) in [5.74, 6) is 0. The molecule has 3 aromatic rings. The Hall–Kier alpha value is -2.03. The Morgan fingerprint density at radius 2 is 2.00 bits per heavy atom. The first-order valence-corrected chi connectivity index (χ1v) is 4.34. The van der Waals surface area contributed by atoms with E-state index >= 15 is 0 Å². The van der Waals surface area contributed by atoms with Crippen LogP contribution in [0.3, 0.4) is 0 Å². The highest BCUT2D eigenvalue weighted by Crippen LogP contribution is 2.23. The van der Waals surface area contributed by atoms with Crippen molar-refractivity contribution in [3.8, 4) is 0 Å². The summed E-state index contributed by atoms with van der Waals surface area (Å²) < 4.78 is 5.35. The molecule has 3 rings (SSSR count). The maximum atomic E-state index is 11.1. The van der Waals surface area contributed by atoms with Gasteiger partial charge in [-0.1, -0.05) is 0 Å². The maximum Gasteiger partial charge on any atom is 0.248 e. The third-order valence-electron chi connectivity index (χ3n) is 2.32. The van der Waals surface area contributed by atoms with E-state index in [1.54, 1.807) is 12.3 Å². The van der Waals surface area contributed by atoms with E-state index in [1.807, 2.05) is 18.2 Å². The van der Waals surface area contributed by atoms with Crippen LogP contribution in [0.4, 0.5) is 0 Å². The number of furan rings is 1. The van der Waals surface area contributed by atoms with Crippen LogP contribution in [0, 0.1) is 0 Å². The molecular weight excluding hydrogens is 178 g/mol. The highest BCUT2D eigenvalue weighted by molar-refractivity contribution is 6.02. The minimum atomic E-state index is -0.0941. The summed E-state index contributed by atoms with van der Waals surface area (Å²) in [4.78, 5) is 13.8. The molecule has 0 unspecified atom stereocenters. The fraction of sp³-hybridized carbons (Fsp3) is 0. The first kappa shape index (κ1) is 7.38. The third kappa shape index (κ3) is 0.893. The third-order valence-corrected chi connectivity index (χ3v) is 2.32. The molecule has 2 heterocycles. The van der Waals surface area contributed by atoms with E-state index in [9.17, 15) is 4.79 Å². The second-order valence-electron chi connectivity index (χ2n) is 3.19. The van der Waals surface area contributed by atoms with Gasteiger partial charge in [0.1, 0.15) is 5.58 Å². The van der Waals surface area contributed by atoms with E-state index in [1.165, 1.54) is 6.07 Å². The van der Waals surface area contributed by atoms with Crippen molar-refractivity contribution in [2.24, 2.45) is 0 Å². The van der Waals surface area contributed by atoms with Crippen LogP contribution in [0.1, 0.15) is 0 Å². The molecular formula is C11H7NO2. The number of nitrogens with one attached hydrogen (secondary N) is 1. The predicted octanol–water partition coefficient (Wildman–Crippen LogP) is 2.27. The minimum Gasteiger partial charge on any atom is -0.464 e. The number of fused-ring (bicyclic) bond motifs is 3. The second-order valence-corrected chi connectivity index (χ2v) is 3.19. The summed E-state index contributed by atoms with van der Waals surface area (Å²) in [6.07, 6.45) is 1.65. The van der Waals surface area contributed by atoms with Gasteiger partial charge in [0.15, 0.2) is 0 Å². The highest BCUT2D eigenvalue weighted by Gasteiger charge is 2.02. The Kier molecular flexibility index (Phi) is 1.31. The standard InChI is InChI=1S/C11H7NO2/c13-10-4-2-8-9(12-10)3-1-7-5-6-14-11(7)8/h1-6H,(H,12,13). The molecule has 0 saturated carbocycles. The van der Waals surface area contributed by atoms with E-state index in [-0.39, 0.29) is 5.56 Å². The maximum absolute atomic E-state index is 11.1. The van der Waals surface area contributed by atoms with E-state index in [0.29, 0.717) is 0 Å². The van der Waals surface area contributed by atoms with Crippen molar-refractivity contribution in [2.75, 3.05) is 0 Å². The number of rotatable bonds is 0. The monoisotopic (exact) mass is 185 g/mol. The van der Waals surface area contributed by atoms with Gasteiger partial charge in [0.25, 0.3) is 0 Å². The van der Waals surface area contributed by atoms with Gasteiger partial charge in [0.2, 0.25) is 5.56 Å². The molecule has 0 aliphatic carbocycles. The van der Waals surface area contributed by atoms with Crippen LogP contribution >= 0.6 is 0 Å². The lowest BCUT2D eigenvalue weighted by Gasteiger charge is -1.96. The molecule has 1 N–H and O–H groups in total. The Morgan fingerprint density at radius 1 is 1.07 bits per heavy atom. The molecule has 0 aliphatic rings. The van der Waals surface area contributed by atoms with Crippen LogP contribution in [0.25, 0.3) is 21.9 Å². The first-order valence-electron chi connectivity index (χ1n) is 4.34. The second kappa shape index (κ2) is 2.48. The van der Waals surface area contributed by atoms with Crippen LogP contribution < -0.4 is 5.56 Å². The molecule has 0 aliphatic heterocycles. The number of aromatic nitrogens is 1. The van der Waals surface area contributed by atoms with Crippen molar-refractivity contribution < 1.29 is 4.42 Å². The van der Waals surface area contributed by atoms with Crippen molar-refractivity contribution in [1.82, 2.24) is 4.98 Å². The molecule has 14 heavy (non-hydrogen) atoms. The smallest absolute Gasteiger partial charge is 0.248 e. The fourth-order valence-corrected chi connectivity index (χ4v) is 1.66. The van der Waals surface area contributed by atoms with Gasteiger partial charge >= 0.3 is 0 Å². The number of hydrogen-bond acceptors (Lipinski definition) is 2. The highest BCUT2D eigenvalue weighted by atomic mass is 16.3. The van der Waals surface area contributed by atoms with Gasteiger partial charge in [-0.3, -0.25) is 4.79 Å². The molecule has 2 aromatic heterocycles. The predicted molar refractivity (Wildman–Crippen MR) is 54.3 cm³/mol. The fourth-order valence-electron chi connectivity index (χ4n) is 1.66. The van der Waals surface area contributed by atoms with Crippen LogP contribution in [0.2, 0.25) is 0 Å². The zero-order valence-electron chi connectivity index (χ0n) is 7.28. The Bertz CT molecular complexity index is 663. The molecule has 0 saturated heterocycles. The van der Waals surface area contributed by atoms with Gasteiger partial charge in [0.05, 0.1) is 11.8 Å². The Labute approximate surface area is 79.0 Å². The SMILES string of the molecule is O=c1ccc2c(ccc3ccoc32)[nH]1. The topological polar surface area (TPSA) is 46.0 Å². The van der Waals surface area contributed by atoms with Crippen LogP contribution in [0.15, 0.2) is 45.8 Å². The van der Waals surface area contributed by atoms with Crippen LogP contribution in [-0.4, -0.2) is 4.98 Å². The van der Waals surface area contributed by atoms with E-state index in [4.69, 9.17) is 4.42 Å². The van der Waals surface area contributed by atoms with E-state index in [0.717, 1.165) is 21.9 Å². The first-order chi connectivity index (χ1) is 6.84. The van der Waals surface area contributed by atoms with Crippen molar-refractivity contribution in [1.29, 1.82) is 0 Å². The van der Waals surface area contributed by atoms with Crippen LogP contribution in [-0.2, 0) is 0 Å². The lowest BCUT2D eigenvalue weighted by molar-refractivity contribution is 0.619. The average Bonchev–Trinajstić information content (AvgIpc) is 2.65. The lowest BCUT2D eigenvalue weighted by atomic mass is 10.1. The summed E-state index contributed by atoms with van der Waals surface area (Å²) in [6.45, 7) is 0. The lowest BCUT2D eigenvalue weighted by Crippen LogP contribution is -2.01. The number of aromatic amines is 1. The molecule has 0 bridgehead atoms. The zero-order chi connectivity index (χ0) is 9.54. The average molecular weight is 185 g/mol.